The van der Waals surface area contributed by atoms with Crippen LogP contribution in [0.15, 0.2) is 36.7 Å². The zero-order valence-electron chi connectivity index (χ0n) is 13.5. The summed E-state index contributed by atoms with van der Waals surface area (Å²) in [6.07, 6.45) is 2.98. The molecule has 0 fully saturated rings. The first-order chi connectivity index (χ1) is 12.0. The van der Waals surface area contributed by atoms with Crippen molar-refractivity contribution in [3.8, 4) is 23.1 Å². The minimum absolute atomic E-state index is 0.118. The number of hydrogen-bond donors (Lipinski definition) is 1. The van der Waals surface area contributed by atoms with Crippen LogP contribution < -0.4 is 5.32 Å². The Morgan fingerprint density at radius 2 is 1.96 bits per heavy atom. The molecule has 8 heteroatoms. The number of aromatic nitrogens is 4. The molecule has 2 aromatic heterocycles. The van der Waals surface area contributed by atoms with Gasteiger partial charge in [-0.05, 0) is 19.9 Å². The fraction of sp³-hybridized carbons (Fsp3) is 0.176. The fourth-order valence-electron chi connectivity index (χ4n) is 2.30. The van der Waals surface area contributed by atoms with E-state index >= 15 is 0 Å². The Bertz CT molecular complexity index is 958. The Balaban J connectivity index is 2.19. The maximum absolute atomic E-state index is 8.95. The molecular formula is C17H14Cl2N6. The first-order valence-electron chi connectivity index (χ1n) is 7.53. The largest absolute Gasteiger partial charge is 0.367 e. The molecule has 0 aliphatic carbocycles. The monoisotopic (exact) mass is 372 g/mol. The first kappa shape index (κ1) is 17.2. The molecule has 0 atom stereocenters. The number of halogens is 2. The smallest absolute Gasteiger partial charge is 0.253 e. The van der Waals surface area contributed by atoms with Gasteiger partial charge in [-0.15, -0.1) is 0 Å². The summed E-state index contributed by atoms with van der Waals surface area (Å²) >= 11 is 12.8. The van der Waals surface area contributed by atoms with Crippen molar-refractivity contribution < 1.29 is 0 Å². The molecule has 0 saturated carbocycles. The van der Waals surface area contributed by atoms with Crippen LogP contribution in [0, 0.1) is 11.3 Å². The maximum atomic E-state index is 8.95. The van der Waals surface area contributed by atoms with Gasteiger partial charge in [0.05, 0.1) is 23.5 Å². The zero-order chi connectivity index (χ0) is 18.0. The highest BCUT2D eigenvalue weighted by Gasteiger charge is 2.19. The maximum Gasteiger partial charge on any atom is 0.253 e. The SMILES string of the molecule is CC(C)Nc1nc(-n2cc(C#N)cn2)nc(Cl)c1-c1ccccc1Cl. The predicted molar refractivity (Wildman–Crippen MR) is 98.1 cm³/mol. The molecule has 0 unspecified atom stereocenters. The molecule has 126 valence electrons. The minimum Gasteiger partial charge on any atom is -0.367 e. The summed E-state index contributed by atoms with van der Waals surface area (Å²) in [7, 11) is 0. The number of benzene rings is 1. The van der Waals surface area contributed by atoms with Crippen molar-refractivity contribution in [1.82, 2.24) is 19.7 Å². The minimum atomic E-state index is 0.118. The molecule has 0 saturated heterocycles. The van der Waals surface area contributed by atoms with Gasteiger partial charge in [-0.1, -0.05) is 41.4 Å². The van der Waals surface area contributed by atoms with Crippen molar-refractivity contribution >= 4 is 29.0 Å². The van der Waals surface area contributed by atoms with Crippen molar-refractivity contribution in [3.05, 3.63) is 52.4 Å². The lowest BCUT2D eigenvalue weighted by atomic mass is 10.1. The van der Waals surface area contributed by atoms with Crippen LogP contribution >= 0.6 is 23.2 Å². The van der Waals surface area contributed by atoms with Gasteiger partial charge in [0.1, 0.15) is 17.0 Å². The average Bonchev–Trinajstić information content (AvgIpc) is 3.04. The Morgan fingerprint density at radius 3 is 2.60 bits per heavy atom. The van der Waals surface area contributed by atoms with E-state index in [9.17, 15) is 0 Å². The summed E-state index contributed by atoms with van der Waals surface area (Å²) in [6, 6.07) is 9.50. The third-order valence-corrected chi connectivity index (χ3v) is 3.94. The van der Waals surface area contributed by atoms with E-state index in [1.807, 2.05) is 38.1 Å². The van der Waals surface area contributed by atoms with Crippen molar-refractivity contribution in [1.29, 1.82) is 5.26 Å². The second-order valence-corrected chi connectivity index (χ2v) is 6.37. The van der Waals surface area contributed by atoms with Gasteiger partial charge in [-0.25, -0.2) is 4.68 Å². The number of nitrogens with one attached hydrogen (secondary N) is 1. The number of anilines is 1. The molecule has 0 aliphatic rings. The van der Waals surface area contributed by atoms with E-state index in [0.29, 0.717) is 22.0 Å². The standard InChI is InChI=1S/C17H14Cl2N6/c1-10(2)22-16-14(12-5-3-4-6-13(12)18)15(19)23-17(24-16)25-9-11(7-20)8-21-25/h3-6,8-10H,1-2H3,(H,22,23,24). The van der Waals surface area contributed by atoms with Gasteiger partial charge in [-0.2, -0.15) is 20.3 Å². The lowest BCUT2D eigenvalue weighted by Crippen LogP contribution is -2.15. The summed E-state index contributed by atoms with van der Waals surface area (Å²) in [4.78, 5) is 8.86. The van der Waals surface area contributed by atoms with Crippen LogP contribution in [-0.2, 0) is 0 Å². The van der Waals surface area contributed by atoms with Crippen molar-refractivity contribution in [3.63, 3.8) is 0 Å². The molecule has 2 heterocycles. The van der Waals surface area contributed by atoms with E-state index in [4.69, 9.17) is 28.5 Å². The van der Waals surface area contributed by atoms with E-state index in [0.717, 1.165) is 5.56 Å². The number of nitrogens with zero attached hydrogens (tertiary/aromatic N) is 5. The van der Waals surface area contributed by atoms with Gasteiger partial charge in [0.15, 0.2) is 0 Å². The van der Waals surface area contributed by atoms with E-state index in [1.165, 1.54) is 10.9 Å². The van der Waals surface area contributed by atoms with Crippen LogP contribution in [0.4, 0.5) is 5.82 Å². The number of nitriles is 1. The molecule has 0 radical (unpaired) electrons. The van der Waals surface area contributed by atoms with E-state index in [1.54, 1.807) is 12.3 Å². The molecule has 6 nitrogen and oxygen atoms in total. The van der Waals surface area contributed by atoms with Crippen molar-refractivity contribution in [2.24, 2.45) is 0 Å². The van der Waals surface area contributed by atoms with Crippen LogP contribution in [-0.4, -0.2) is 25.8 Å². The fourth-order valence-corrected chi connectivity index (χ4v) is 2.79. The summed E-state index contributed by atoms with van der Waals surface area (Å²) in [5.41, 5.74) is 1.77. The molecular weight excluding hydrogens is 359 g/mol. The molecule has 0 bridgehead atoms. The highest BCUT2D eigenvalue weighted by atomic mass is 35.5. The van der Waals surface area contributed by atoms with Gasteiger partial charge in [-0.3, -0.25) is 0 Å². The van der Waals surface area contributed by atoms with Crippen LogP contribution in [0.3, 0.4) is 0 Å². The van der Waals surface area contributed by atoms with Gasteiger partial charge < -0.3 is 5.32 Å². The van der Waals surface area contributed by atoms with Gasteiger partial charge in [0, 0.05) is 16.6 Å². The lowest BCUT2D eigenvalue weighted by Gasteiger charge is -2.16. The van der Waals surface area contributed by atoms with Gasteiger partial charge >= 0.3 is 0 Å². The summed E-state index contributed by atoms with van der Waals surface area (Å²) in [6.45, 7) is 3.99. The zero-order valence-corrected chi connectivity index (χ0v) is 15.0. The van der Waals surface area contributed by atoms with Crippen LogP contribution in [0.25, 0.3) is 17.1 Å². The summed E-state index contributed by atoms with van der Waals surface area (Å²) < 4.78 is 1.41. The summed E-state index contributed by atoms with van der Waals surface area (Å²) in [5, 5.41) is 17.1. The van der Waals surface area contributed by atoms with E-state index in [2.05, 4.69) is 20.4 Å². The van der Waals surface area contributed by atoms with Crippen LogP contribution in [0.5, 0.6) is 0 Å². The van der Waals surface area contributed by atoms with Crippen molar-refractivity contribution in [2.45, 2.75) is 19.9 Å². The third-order valence-electron chi connectivity index (χ3n) is 3.34. The molecule has 3 aromatic rings. The molecule has 25 heavy (non-hydrogen) atoms. The van der Waals surface area contributed by atoms with E-state index < -0.39 is 0 Å². The van der Waals surface area contributed by atoms with Crippen LogP contribution in [0.1, 0.15) is 19.4 Å². The second kappa shape index (κ2) is 7.09. The lowest BCUT2D eigenvalue weighted by molar-refractivity contribution is 0.802. The average molecular weight is 373 g/mol. The Labute approximate surface area is 155 Å². The van der Waals surface area contributed by atoms with E-state index in [-0.39, 0.29) is 17.1 Å². The normalized spacial score (nSPS) is 10.7. The second-order valence-electron chi connectivity index (χ2n) is 5.60. The Hall–Kier alpha value is -2.62. The molecule has 1 aromatic carbocycles. The highest BCUT2D eigenvalue weighted by Crippen LogP contribution is 2.37. The topological polar surface area (TPSA) is 79.4 Å². The number of rotatable bonds is 4. The summed E-state index contributed by atoms with van der Waals surface area (Å²) in [5.74, 6) is 0.817. The highest BCUT2D eigenvalue weighted by molar-refractivity contribution is 6.36. The van der Waals surface area contributed by atoms with Gasteiger partial charge in [0.2, 0.25) is 0 Å². The Kier molecular flexibility index (Phi) is 4.88. The van der Waals surface area contributed by atoms with Crippen molar-refractivity contribution in [2.75, 3.05) is 5.32 Å². The number of hydrogen-bond acceptors (Lipinski definition) is 5. The molecule has 0 aliphatic heterocycles. The van der Waals surface area contributed by atoms with Crippen LogP contribution in [0.2, 0.25) is 10.2 Å². The predicted octanol–water partition coefficient (Wildman–Crippen LogP) is 4.33. The first-order valence-corrected chi connectivity index (χ1v) is 8.29. The molecule has 3 rings (SSSR count). The Morgan fingerprint density at radius 1 is 1.20 bits per heavy atom. The molecule has 0 amide bonds. The quantitative estimate of drug-likeness (QED) is 0.689. The molecule has 0 spiro atoms. The third kappa shape index (κ3) is 3.58. The molecule has 1 N–H and O–H groups in total. The van der Waals surface area contributed by atoms with Gasteiger partial charge in [0.25, 0.3) is 5.95 Å².